The number of carbonyl (C=O) groups is 1. The zero-order valence-corrected chi connectivity index (χ0v) is 13.1. The molecular weight excluding hydrogens is 298 g/mol. The molecule has 0 aliphatic carbocycles. The highest BCUT2D eigenvalue weighted by Gasteiger charge is 2.24. The molecule has 0 aromatic heterocycles. The van der Waals surface area contributed by atoms with E-state index in [0.29, 0.717) is 0 Å². The van der Waals surface area contributed by atoms with Crippen LogP contribution in [0.25, 0.3) is 0 Å². The van der Waals surface area contributed by atoms with Crippen LogP contribution in [0.15, 0.2) is 17.0 Å². The number of amides is 2. The van der Waals surface area contributed by atoms with Gasteiger partial charge in [-0.15, -0.1) is 0 Å². The monoisotopic (exact) mass is 317 g/mol. The highest BCUT2D eigenvalue weighted by Crippen LogP contribution is 2.33. The minimum Gasteiger partial charge on any atom is -0.495 e. The van der Waals surface area contributed by atoms with Gasteiger partial charge in [0.15, 0.2) is 0 Å². The lowest BCUT2D eigenvalue weighted by Crippen LogP contribution is -2.42. The van der Waals surface area contributed by atoms with Crippen LogP contribution in [0.3, 0.4) is 0 Å². The number of methoxy groups -OCH3 is 2. The summed E-state index contributed by atoms with van der Waals surface area (Å²) in [5.74, 6) is 0.295. The topological polar surface area (TPSA) is 120 Å². The fraction of sp³-hybridized carbons (Fsp3) is 0.417. The predicted octanol–water partition coefficient (Wildman–Crippen LogP) is 0.682. The first-order valence-corrected chi connectivity index (χ1v) is 7.54. The summed E-state index contributed by atoms with van der Waals surface area (Å²) >= 11 is 0. The fourth-order valence-corrected chi connectivity index (χ4v) is 2.67. The summed E-state index contributed by atoms with van der Waals surface area (Å²) in [7, 11) is -1.42. The molecule has 0 spiro atoms. The van der Waals surface area contributed by atoms with Gasteiger partial charge in [0, 0.05) is 12.1 Å². The number of anilines is 1. The zero-order chi connectivity index (χ0) is 16.2. The normalized spacial score (nSPS) is 11.1. The molecule has 0 unspecified atom stereocenters. The van der Waals surface area contributed by atoms with Gasteiger partial charge in [0.2, 0.25) is 0 Å². The van der Waals surface area contributed by atoms with Crippen molar-refractivity contribution in [1.29, 1.82) is 0 Å². The van der Waals surface area contributed by atoms with E-state index in [1.165, 1.54) is 26.4 Å². The number of nitrogen functional groups attached to an aromatic ring is 1. The Morgan fingerprint density at radius 2 is 1.76 bits per heavy atom. The van der Waals surface area contributed by atoms with Crippen molar-refractivity contribution in [1.82, 2.24) is 10.0 Å². The zero-order valence-electron chi connectivity index (χ0n) is 12.3. The van der Waals surface area contributed by atoms with Gasteiger partial charge in [-0.3, -0.25) is 0 Å². The summed E-state index contributed by atoms with van der Waals surface area (Å²) in [6.07, 6.45) is 0. The molecule has 0 bridgehead atoms. The number of urea groups is 1. The van der Waals surface area contributed by atoms with E-state index in [1.54, 1.807) is 13.8 Å². The third-order valence-corrected chi connectivity index (χ3v) is 3.80. The van der Waals surface area contributed by atoms with E-state index in [4.69, 9.17) is 15.2 Å². The van der Waals surface area contributed by atoms with Crippen molar-refractivity contribution in [3.8, 4) is 11.5 Å². The Hall–Kier alpha value is -2.16. The Morgan fingerprint density at radius 3 is 2.24 bits per heavy atom. The fourth-order valence-electron chi connectivity index (χ4n) is 1.57. The number of hydrogen-bond acceptors (Lipinski definition) is 6. The Kier molecular flexibility index (Phi) is 5.25. The molecular formula is C12H19N3O5S. The van der Waals surface area contributed by atoms with Gasteiger partial charge >= 0.3 is 6.03 Å². The van der Waals surface area contributed by atoms with Gasteiger partial charge < -0.3 is 20.5 Å². The SMILES string of the molecule is COc1cc(OC)c(S(=O)(=O)NC(=O)NC(C)C)cc1N. The molecule has 118 valence electrons. The first kappa shape index (κ1) is 16.9. The third-order valence-electron chi connectivity index (χ3n) is 2.45. The summed E-state index contributed by atoms with van der Waals surface area (Å²) in [6.45, 7) is 3.41. The van der Waals surface area contributed by atoms with Crippen molar-refractivity contribution in [2.75, 3.05) is 20.0 Å². The lowest BCUT2D eigenvalue weighted by molar-refractivity contribution is 0.243. The first-order valence-electron chi connectivity index (χ1n) is 6.06. The number of benzene rings is 1. The molecule has 8 nitrogen and oxygen atoms in total. The number of sulfonamides is 1. The van der Waals surface area contributed by atoms with Gasteiger partial charge in [-0.2, -0.15) is 0 Å². The lowest BCUT2D eigenvalue weighted by atomic mass is 10.3. The van der Waals surface area contributed by atoms with E-state index in [0.717, 1.165) is 0 Å². The highest BCUT2D eigenvalue weighted by atomic mass is 32.2. The highest BCUT2D eigenvalue weighted by molar-refractivity contribution is 7.90. The largest absolute Gasteiger partial charge is 0.495 e. The van der Waals surface area contributed by atoms with E-state index in [-0.39, 0.29) is 28.1 Å². The smallest absolute Gasteiger partial charge is 0.328 e. The minimum absolute atomic E-state index is 0.0193. The lowest BCUT2D eigenvalue weighted by Gasteiger charge is -2.14. The van der Waals surface area contributed by atoms with Gasteiger partial charge in [-0.25, -0.2) is 17.9 Å². The van der Waals surface area contributed by atoms with E-state index in [1.807, 2.05) is 4.72 Å². The van der Waals surface area contributed by atoms with Crippen molar-refractivity contribution < 1.29 is 22.7 Å². The molecule has 0 heterocycles. The van der Waals surface area contributed by atoms with Crippen LogP contribution in [0.2, 0.25) is 0 Å². The maximum Gasteiger partial charge on any atom is 0.328 e. The number of carbonyl (C=O) groups excluding carboxylic acids is 1. The van der Waals surface area contributed by atoms with Crippen molar-refractivity contribution in [2.45, 2.75) is 24.8 Å². The second kappa shape index (κ2) is 6.53. The second-order valence-electron chi connectivity index (χ2n) is 4.48. The summed E-state index contributed by atoms with van der Waals surface area (Å²) in [6, 6.07) is 1.47. The molecule has 0 aliphatic rings. The van der Waals surface area contributed by atoms with Gasteiger partial charge in [-0.05, 0) is 19.9 Å². The number of nitrogens with two attached hydrogens (primary N) is 1. The van der Waals surface area contributed by atoms with Gasteiger partial charge in [0.25, 0.3) is 10.0 Å². The van der Waals surface area contributed by atoms with Crippen molar-refractivity contribution >= 4 is 21.7 Å². The van der Waals surface area contributed by atoms with Crippen LogP contribution < -0.4 is 25.2 Å². The Bertz CT molecular complexity index is 628. The average molecular weight is 317 g/mol. The molecule has 0 aliphatic heterocycles. The average Bonchev–Trinajstić information content (AvgIpc) is 2.36. The molecule has 1 aromatic rings. The van der Waals surface area contributed by atoms with Gasteiger partial charge in [0.05, 0.1) is 19.9 Å². The van der Waals surface area contributed by atoms with Crippen LogP contribution in [-0.2, 0) is 10.0 Å². The first-order chi connectivity index (χ1) is 9.71. The summed E-state index contributed by atoms with van der Waals surface area (Å²) < 4.78 is 36.3. The Morgan fingerprint density at radius 1 is 1.19 bits per heavy atom. The van der Waals surface area contributed by atoms with E-state index >= 15 is 0 Å². The molecule has 21 heavy (non-hydrogen) atoms. The molecule has 0 saturated carbocycles. The molecule has 1 aromatic carbocycles. The molecule has 0 radical (unpaired) electrons. The van der Waals surface area contributed by atoms with Crippen molar-refractivity contribution in [3.63, 3.8) is 0 Å². The summed E-state index contributed by atoms with van der Waals surface area (Å²) in [4.78, 5) is 11.3. The minimum atomic E-state index is -4.12. The number of hydrogen-bond donors (Lipinski definition) is 3. The number of ether oxygens (including phenoxy) is 2. The van der Waals surface area contributed by atoms with Crippen LogP contribution in [0.4, 0.5) is 10.5 Å². The quantitative estimate of drug-likeness (QED) is 0.687. The Labute approximate surface area is 123 Å². The number of nitrogens with one attached hydrogen (secondary N) is 2. The number of rotatable bonds is 5. The van der Waals surface area contributed by atoms with Crippen LogP contribution in [-0.4, -0.2) is 34.7 Å². The maximum atomic E-state index is 12.2. The van der Waals surface area contributed by atoms with Crippen LogP contribution in [0, 0.1) is 0 Å². The molecule has 0 atom stereocenters. The summed E-state index contributed by atoms with van der Waals surface area (Å²) in [5, 5.41) is 2.42. The molecule has 2 amide bonds. The van der Waals surface area contributed by atoms with Crippen LogP contribution in [0.5, 0.6) is 11.5 Å². The van der Waals surface area contributed by atoms with Crippen LogP contribution >= 0.6 is 0 Å². The molecule has 9 heteroatoms. The molecule has 0 saturated heterocycles. The maximum absolute atomic E-state index is 12.2. The van der Waals surface area contributed by atoms with Crippen molar-refractivity contribution in [3.05, 3.63) is 12.1 Å². The molecule has 4 N–H and O–H groups in total. The van der Waals surface area contributed by atoms with Gasteiger partial charge in [0.1, 0.15) is 16.4 Å². The van der Waals surface area contributed by atoms with E-state index in [2.05, 4.69) is 5.32 Å². The standard InChI is InChI=1S/C12H19N3O5S/c1-7(2)14-12(16)15-21(17,18)11-5-8(13)9(19-3)6-10(11)20-4/h5-7H,13H2,1-4H3,(H2,14,15,16). The molecule has 0 fully saturated rings. The van der Waals surface area contributed by atoms with E-state index in [9.17, 15) is 13.2 Å². The Balaban J connectivity index is 3.19. The van der Waals surface area contributed by atoms with Gasteiger partial charge in [-0.1, -0.05) is 0 Å². The molecule has 1 rings (SSSR count). The second-order valence-corrected chi connectivity index (χ2v) is 6.13. The summed E-state index contributed by atoms with van der Waals surface area (Å²) in [5.41, 5.74) is 5.80. The third kappa shape index (κ3) is 4.15. The van der Waals surface area contributed by atoms with Crippen molar-refractivity contribution in [2.24, 2.45) is 0 Å². The van der Waals surface area contributed by atoms with Crippen LogP contribution in [0.1, 0.15) is 13.8 Å². The predicted molar refractivity (Wildman–Crippen MR) is 77.9 cm³/mol. The van der Waals surface area contributed by atoms with E-state index < -0.39 is 16.1 Å².